The van der Waals surface area contributed by atoms with E-state index < -0.39 is 45.1 Å². The van der Waals surface area contributed by atoms with Gasteiger partial charge in [0, 0.05) is 13.0 Å². The van der Waals surface area contributed by atoms with Crippen molar-refractivity contribution < 1.29 is 42.7 Å². The molecule has 0 aliphatic carbocycles. The van der Waals surface area contributed by atoms with Gasteiger partial charge >= 0.3 is 19.8 Å². The number of carbonyl (C=O) groups is 2. The molecule has 0 aromatic carbocycles. The molecule has 0 bridgehead atoms. The van der Waals surface area contributed by atoms with Crippen molar-refractivity contribution in [2.24, 2.45) is 5.73 Å². The topological polar surface area (TPSA) is 155 Å². The van der Waals surface area contributed by atoms with E-state index in [4.69, 9.17) is 29.4 Å². The summed E-state index contributed by atoms with van der Waals surface area (Å²) in [4.78, 5) is 33.9. The summed E-state index contributed by atoms with van der Waals surface area (Å²) in [5.41, 5.74) is 5.40. The van der Waals surface area contributed by atoms with Crippen molar-refractivity contribution in [3.05, 3.63) is 0 Å². The maximum absolute atomic E-state index is 12.8. The van der Waals surface area contributed by atoms with Gasteiger partial charge in [0.25, 0.3) is 0 Å². The summed E-state index contributed by atoms with van der Waals surface area (Å²) in [7, 11) is -4.62. The lowest BCUT2D eigenvalue weighted by molar-refractivity contribution is -0.154. The number of nitrogens with two attached hydrogens (primary N) is 1. The van der Waals surface area contributed by atoms with Crippen LogP contribution in [0.2, 0.25) is 0 Å². The van der Waals surface area contributed by atoms with Gasteiger partial charge in [-0.05, 0) is 12.8 Å². The number of rotatable bonds is 66. The Balaban J connectivity index is 3.82. The monoisotopic (exact) mass is 1100 g/mol. The van der Waals surface area contributed by atoms with E-state index in [-0.39, 0.29) is 13.0 Å². The first-order valence-electron chi connectivity index (χ1n) is 33.6. The number of carbonyl (C=O) groups excluding carboxylic acids is 1. The molecule has 4 N–H and O–H groups in total. The van der Waals surface area contributed by atoms with E-state index >= 15 is 0 Å². The zero-order chi connectivity index (χ0) is 55.4. The van der Waals surface area contributed by atoms with E-state index in [2.05, 4.69) is 13.8 Å². The lowest BCUT2D eigenvalue weighted by Crippen LogP contribution is -2.34. The van der Waals surface area contributed by atoms with Crippen molar-refractivity contribution in [3.8, 4) is 0 Å². The smallest absolute Gasteiger partial charge is 0.472 e. The van der Waals surface area contributed by atoms with Gasteiger partial charge in [-0.15, -0.1) is 0 Å². The van der Waals surface area contributed by atoms with Crippen molar-refractivity contribution in [3.63, 3.8) is 0 Å². The number of carboxylic acids is 1. The van der Waals surface area contributed by atoms with Crippen LogP contribution in [0.4, 0.5) is 0 Å². The molecule has 76 heavy (non-hydrogen) atoms. The molecule has 10 nitrogen and oxygen atoms in total. The molecule has 0 aromatic rings. The number of unbranched alkanes of at least 4 members (excludes halogenated alkanes) is 52. The number of carboxylic acid groups (broad SMARTS) is 1. The van der Waals surface area contributed by atoms with Crippen LogP contribution in [-0.2, 0) is 32.7 Å². The lowest BCUT2D eigenvalue weighted by atomic mass is 10.0. The van der Waals surface area contributed by atoms with Gasteiger partial charge < -0.3 is 25.2 Å². The molecule has 0 spiro atoms. The Hall–Kier alpha value is -1.03. The molecule has 0 heterocycles. The van der Waals surface area contributed by atoms with Crippen LogP contribution in [0.1, 0.15) is 367 Å². The van der Waals surface area contributed by atoms with E-state index in [1.54, 1.807) is 0 Å². The Morgan fingerprint density at radius 2 is 0.605 bits per heavy atom. The Kier molecular flexibility index (Phi) is 60.8. The highest BCUT2D eigenvalue weighted by Gasteiger charge is 2.27. The largest absolute Gasteiger partial charge is 0.480 e. The van der Waals surface area contributed by atoms with Gasteiger partial charge in [-0.2, -0.15) is 0 Å². The first-order valence-corrected chi connectivity index (χ1v) is 35.1. The summed E-state index contributed by atoms with van der Waals surface area (Å²) >= 11 is 0. The first kappa shape index (κ1) is 75.0. The van der Waals surface area contributed by atoms with Gasteiger partial charge in [0.1, 0.15) is 12.1 Å². The van der Waals surface area contributed by atoms with E-state index in [1.165, 1.54) is 308 Å². The second-order valence-electron chi connectivity index (χ2n) is 23.3. The fourth-order valence-corrected chi connectivity index (χ4v) is 11.3. The highest BCUT2D eigenvalue weighted by atomic mass is 31.2. The third-order valence-electron chi connectivity index (χ3n) is 15.6. The number of aliphatic carboxylic acids is 1. The van der Waals surface area contributed by atoms with Crippen LogP contribution in [0.5, 0.6) is 0 Å². The Morgan fingerprint density at radius 3 is 0.868 bits per heavy atom. The molecule has 11 heteroatoms. The third kappa shape index (κ3) is 60.6. The highest BCUT2D eigenvalue weighted by molar-refractivity contribution is 7.47. The zero-order valence-electron chi connectivity index (χ0n) is 50.7. The van der Waals surface area contributed by atoms with E-state index in [9.17, 15) is 19.0 Å². The molecule has 0 saturated carbocycles. The van der Waals surface area contributed by atoms with Gasteiger partial charge in [0.05, 0.1) is 19.8 Å². The van der Waals surface area contributed by atoms with Crippen molar-refractivity contribution in [1.29, 1.82) is 0 Å². The number of phosphoric acid groups is 1. The van der Waals surface area contributed by atoms with Crippen LogP contribution in [0.3, 0.4) is 0 Å². The fraction of sp³-hybridized carbons (Fsp3) is 0.969. The number of phosphoric ester groups is 1. The summed E-state index contributed by atoms with van der Waals surface area (Å²) in [6, 6.07) is -1.47. The molecule has 0 aromatic heterocycles. The normalized spacial score (nSPS) is 13.3. The molecule has 0 aliphatic rings. The van der Waals surface area contributed by atoms with Crippen molar-refractivity contribution in [2.45, 2.75) is 379 Å². The third-order valence-corrected chi connectivity index (χ3v) is 16.6. The van der Waals surface area contributed by atoms with E-state index in [0.717, 1.165) is 38.5 Å². The first-order chi connectivity index (χ1) is 37.2. The summed E-state index contributed by atoms with van der Waals surface area (Å²) in [6.45, 7) is 3.99. The molecular weight excluding hydrogens is 970 g/mol. The maximum Gasteiger partial charge on any atom is 0.472 e. The van der Waals surface area contributed by atoms with Crippen LogP contribution in [-0.4, -0.2) is 60.5 Å². The summed E-state index contributed by atoms with van der Waals surface area (Å²) < 4.78 is 33.7. The molecule has 0 radical (unpaired) electrons. The van der Waals surface area contributed by atoms with Crippen molar-refractivity contribution >= 4 is 19.8 Å². The minimum atomic E-state index is -4.62. The lowest BCUT2D eigenvalue weighted by Gasteiger charge is -2.20. The van der Waals surface area contributed by atoms with E-state index in [0.29, 0.717) is 6.61 Å². The van der Waals surface area contributed by atoms with Gasteiger partial charge in [-0.1, -0.05) is 348 Å². The van der Waals surface area contributed by atoms with Gasteiger partial charge in [-0.25, -0.2) is 4.57 Å². The standard InChI is InChI=1S/C65H130NO9P/c1-3-5-7-9-11-13-15-17-19-21-23-24-25-26-27-28-29-30-31-32-33-34-35-36-37-38-39-40-41-43-45-47-49-51-53-55-57-64(67)75-62(60-73-76(70,71)74-61-63(66)65(68)69)59-72-58-56-54-52-50-48-46-44-42-22-20-18-16-14-12-10-8-6-4-2/h62-63H,3-61,66H2,1-2H3,(H,68,69)(H,70,71)/t62-,63+/m1/s1. The molecule has 0 aliphatic heterocycles. The van der Waals surface area contributed by atoms with E-state index in [1.807, 2.05) is 0 Å². The van der Waals surface area contributed by atoms with Crippen LogP contribution < -0.4 is 5.73 Å². The van der Waals surface area contributed by atoms with Gasteiger partial charge in [0.15, 0.2) is 0 Å². The summed E-state index contributed by atoms with van der Waals surface area (Å²) in [5, 5.41) is 8.97. The highest BCUT2D eigenvalue weighted by Crippen LogP contribution is 2.43. The molecular formula is C65H130NO9P. The maximum atomic E-state index is 12.8. The quantitative estimate of drug-likeness (QED) is 0.0305. The Morgan fingerprint density at radius 1 is 0.368 bits per heavy atom. The fourth-order valence-electron chi connectivity index (χ4n) is 10.5. The molecule has 0 rings (SSSR count). The molecule has 1 unspecified atom stereocenters. The van der Waals surface area contributed by atoms with Crippen LogP contribution >= 0.6 is 7.82 Å². The second-order valence-corrected chi connectivity index (χ2v) is 24.8. The Bertz CT molecular complexity index is 1230. The van der Waals surface area contributed by atoms with Gasteiger partial charge in [-0.3, -0.25) is 18.6 Å². The van der Waals surface area contributed by atoms with Crippen LogP contribution in [0, 0.1) is 0 Å². The predicted octanol–water partition coefficient (Wildman–Crippen LogP) is 21.0. The Labute approximate surface area is 471 Å². The molecule has 0 amide bonds. The number of hydrogen-bond acceptors (Lipinski definition) is 8. The van der Waals surface area contributed by atoms with Crippen molar-refractivity contribution in [1.82, 2.24) is 0 Å². The summed E-state index contributed by atoms with van der Waals surface area (Å²) in [6.07, 6.45) is 72.2. The average molecular weight is 1100 g/mol. The molecule has 454 valence electrons. The van der Waals surface area contributed by atoms with Crippen LogP contribution in [0.15, 0.2) is 0 Å². The number of hydrogen-bond donors (Lipinski definition) is 3. The molecule has 0 saturated heterocycles. The minimum absolute atomic E-state index is 0.0268. The van der Waals surface area contributed by atoms with Gasteiger partial charge in [0.2, 0.25) is 0 Å². The second kappa shape index (κ2) is 61.6. The molecule has 3 atom stereocenters. The van der Waals surface area contributed by atoms with Crippen molar-refractivity contribution in [2.75, 3.05) is 26.4 Å². The zero-order valence-corrected chi connectivity index (χ0v) is 51.5. The predicted molar refractivity (Wildman–Crippen MR) is 323 cm³/mol. The number of esters is 1. The summed E-state index contributed by atoms with van der Waals surface area (Å²) in [5.74, 6) is -1.75. The number of ether oxygens (including phenoxy) is 2. The average Bonchev–Trinajstić information content (AvgIpc) is 3.40. The van der Waals surface area contributed by atoms with Crippen LogP contribution in [0.25, 0.3) is 0 Å². The molecule has 0 fully saturated rings. The minimum Gasteiger partial charge on any atom is -0.480 e. The SMILES string of the molecule is CCCCCCCCCCCCCCCCCCCCCCCCCCCCCCCCCCCCCCC(=O)O[C@H](COCCCCCCCCCCCCCCCCCCCC)COP(=O)(O)OC[C@H](N)C(=O)O.